The second-order valence-electron chi connectivity index (χ2n) is 6.25. The topological polar surface area (TPSA) is 116 Å². The van der Waals surface area contributed by atoms with Crippen molar-refractivity contribution in [2.24, 2.45) is 5.14 Å². The fraction of sp³-hybridized carbons (Fsp3) is 0.263. The minimum Gasteiger partial charge on any atom is -0.452 e. The largest absolute Gasteiger partial charge is 0.452 e. The van der Waals surface area contributed by atoms with Crippen molar-refractivity contribution in [3.63, 3.8) is 0 Å². The Morgan fingerprint density at radius 1 is 1.18 bits per heavy atom. The molecule has 0 aliphatic carbocycles. The smallest absolute Gasteiger partial charge is 0.338 e. The van der Waals surface area contributed by atoms with Crippen LogP contribution in [-0.2, 0) is 19.6 Å². The second kappa shape index (κ2) is 9.18. The van der Waals surface area contributed by atoms with Gasteiger partial charge >= 0.3 is 5.97 Å². The number of benzene rings is 2. The van der Waals surface area contributed by atoms with E-state index in [4.69, 9.17) is 21.5 Å². The van der Waals surface area contributed by atoms with Crippen LogP contribution in [0.5, 0.6) is 0 Å². The number of rotatable bonds is 7. The van der Waals surface area contributed by atoms with Gasteiger partial charge in [-0.25, -0.2) is 18.4 Å². The van der Waals surface area contributed by atoms with Gasteiger partial charge in [-0.2, -0.15) is 0 Å². The predicted octanol–water partition coefficient (Wildman–Crippen LogP) is 3.30. The van der Waals surface area contributed by atoms with Crippen LogP contribution >= 0.6 is 11.6 Å². The molecule has 1 amide bonds. The Morgan fingerprint density at radius 3 is 2.39 bits per heavy atom. The van der Waals surface area contributed by atoms with Gasteiger partial charge in [-0.3, -0.25) is 4.79 Å². The summed E-state index contributed by atoms with van der Waals surface area (Å²) in [6, 6.07) is 10.9. The van der Waals surface area contributed by atoms with E-state index in [9.17, 15) is 18.0 Å². The van der Waals surface area contributed by atoms with Crippen LogP contribution in [0.2, 0.25) is 5.02 Å². The molecule has 0 radical (unpaired) electrons. The Kier molecular flexibility index (Phi) is 7.17. The van der Waals surface area contributed by atoms with E-state index in [-0.39, 0.29) is 10.6 Å². The summed E-state index contributed by atoms with van der Waals surface area (Å²) in [7, 11) is -4.09. The number of esters is 1. The number of carbonyl (C=O) groups is 2. The highest BCUT2D eigenvalue weighted by molar-refractivity contribution is 7.89. The van der Waals surface area contributed by atoms with Crippen LogP contribution < -0.4 is 10.5 Å². The first-order valence-electron chi connectivity index (χ1n) is 8.51. The third-order valence-electron chi connectivity index (χ3n) is 4.18. The van der Waals surface area contributed by atoms with E-state index in [1.54, 1.807) is 12.1 Å². The number of hydrogen-bond acceptors (Lipinski definition) is 5. The van der Waals surface area contributed by atoms with Crippen molar-refractivity contribution < 1.29 is 22.7 Å². The number of hydrogen-bond donors (Lipinski definition) is 2. The molecule has 0 fully saturated rings. The minimum absolute atomic E-state index is 0.0841. The lowest BCUT2D eigenvalue weighted by Gasteiger charge is -2.11. The molecule has 0 heterocycles. The van der Waals surface area contributed by atoms with Crippen LogP contribution in [-0.4, -0.2) is 26.9 Å². The Bertz CT molecular complexity index is 974. The van der Waals surface area contributed by atoms with Crippen molar-refractivity contribution in [2.45, 2.75) is 31.1 Å². The standard InChI is InChI=1S/C19H21ClN2O5S/c1-3-12(2)13-4-7-15(8-5-13)22-18(23)11-27-19(24)14-6-9-16(20)17(10-14)28(21,25)26/h4-10,12H,3,11H2,1-2H3,(H,22,23)(H2,21,25,26)/t12-/m0/s1. The molecule has 2 aromatic rings. The van der Waals surface area contributed by atoms with Gasteiger partial charge in [0.05, 0.1) is 10.6 Å². The SMILES string of the molecule is CC[C@H](C)c1ccc(NC(=O)COC(=O)c2ccc(Cl)c(S(N)(=O)=O)c2)cc1. The third kappa shape index (κ3) is 5.79. The zero-order valence-electron chi connectivity index (χ0n) is 15.4. The lowest BCUT2D eigenvalue weighted by atomic mass is 9.99. The summed E-state index contributed by atoms with van der Waals surface area (Å²) >= 11 is 5.77. The number of ether oxygens (including phenoxy) is 1. The van der Waals surface area contributed by atoms with Crippen molar-refractivity contribution in [3.05, 3.63) is 58.6 Å². The maximum absolute atomic E-state index is 12.1. The van der Waals surface area contributed by atoms with Crippen molar-refractivity contribution >= 4 is 39.2 Å². The molecular weight excluding hydrogens is 404 g/mol. The van der Waals surface area contributed by atoms with Crippen LogP contribution in [0.25, 0.3) is 0 Å². The first kappa shape index (κ1) is 21.9. The summed E-state index contributed by atoms with van der Waals surface area (Å²) in [6.45, 7) is 3.69. The molecule has 0 aromatic heterocycles. The van der Waals surface area contributed by atoms with Gasteiger partial charge in [0.25, 0.3) is 5.91 Å². The minimum atomic E-state index is -4.09. The van der Waals surface area contributed by atoms with E-state index in [2.05, 4.69) is 19.2 Å². The highest BCUT2D eigenvalue weighted by Gasteiger charge is 2.18. The summed E-state index contributed by atoms with van der Waals surface area (Å²) < 4.78 is 27.8. The zero-order chi connectivity index (χ0) is 20.9. The Morgan fingerprint density at radius 2 is 1.82 bits per heavy atom. The number of nitrogens with two attached hydrogens (primary N) is 1. The summed E-state index contributed by atoms with van der Waals surface area (Å²) in [5.74, 6) is -0.971. The molecule has 2 aromatic carbocycles. The first-order valence-corrected chi connectivity index (χ1v) is 10.4. The molecule has 7 nitrogen and oxygen atoms in total. The van der Waals surface area contributed by atoms with Gasteiger partial charge in [-0.1, -0.05) is 37.6 Å². The molecule has 150 valence electrons. The Balaban J connectivity index is 1.96. The summed E-state index contributed by atoms with van der Waals surface area (Å²) in [5.41, 5.74) is 1.66. The fourth-order valence-corrected chi connectivity index (χ4v) is 3.46. The Labute approximate surface area is 168 Å². The van der Waals surface area contributed by atoms with Gasteiger partial charge in [0, 0.05) is 5.69 Å². The van der Waals surface area contributed by atoms with Crippen LogP contribution in [0.15, 0.2) is 47.4 Å². The molecule has 1 atom stereocenters. The van der Waals surface area contributed by atoms with Gasteiger partial charge in [-0.15, -0.1) is 0 Å². The van der Waals surface area contributed by atoms with Gasteiger partial charge in [-0.05, 0) is 48.2 Å². The zero-order valence-corrected chi connectivity index (χ0v) is 17.0. The first-order chi connectivity index (χ1) is 13.1. The van der Waals surface area contributed by atoms with Crippen LogP contribution in [0.4, 0.5) is 5.69 Å². The monoisotopic (exact) mass is 424 g/mol. The number of primary sulfonamides is 1. The molecule has 28 heavy (non-hydrogen) atoms. The lowest BCUT2D eigenvalue weighted by Crippen LogP contribution is -2.21. The molecule has 0 aliphatic rings. The Hall–Kier alpha value is -2.42. The normalized spacial score (nSPS) is 12.3. The van der Waals surface area contributed by atoms with Crippen molar-refractivity contribution in [1.82, 2.24) is 0 Å². The molecule has 0 unspecified atom stereocenters. The molecule has 0 aliphatic heterocycles. The fourth-order valence-electron chi connectivity index (χ4n) is 2.39. The lowest BCUT2D eigenvalue weighted by molar-refractivity contribution is -0.119. The molecule has 9 heteroatoms. The van der Waals surface area contributed by atoms with Crippen LogP contribution in [0, 0.1) is 0 Å². The predicted molar refractivity (Wildman–Crippen MR) is 107 cm³/mol. The summed E-state index contributed by atoms with van der Waals surface area (Å²) in [6.07, 6.45) is 1.01. The number of sulfonamides is 1. The van der Waals surface area contributed by atoms with E-state index in [0.717, 1.165) is 12.5 Å². The molecular formula is C19H21ClN2O5S. The highest BCUT2D eigenvalue weighted by atomic mass is 35.5. The molecule has 0 saturated heterocycles. The molecule has 2 rings (SSSR count). The van der Waals surface area contributed by atoms with Gasteiger partial charge in [0.2, 0.25) is 10.0 Å². The number of carbonyl (C=O) groups excluding carboxylic acids is 2. The van der Waals surface area contributed by atoms with E-state index >= 15 is 0 Å². The van der Waals surface area contributed by atoms with Crippen molar-refractivity contribution in [1.29, 1.82) is 0 Å². The average molecular weight is 425 g/mol. The van der Waals surface area contributed by atoms with E-state index < -0.39 is 33.4 Å². The highest BCUT2D eigenvalue weighted by Crippen LogP contribution is 2.22. The van der Waals surface area contributed by atoms with Gasteiger partial charge in [0.15, 0.2) is 6.61 Å². The second-order valence-corrected chi connectivity index (χ2v) is 8.18. The molecule has 0 spiro atoms. The quantitative estimate of drug-likeness (QED) is 0.661. The van der Waals surface area contributed by atoms with Crippen LogP contribution in [0.3, 0.4) is 0 Å². The number of anilines is 1. The number of amides is 1. The molecule has 0 bridgehead atoms. The molecule has 3 N–H and O–H groups in total. The maximum Gasteiger partial charge on any atom is 0.338 e. The maximum atomic E-state index is 12.1. The van der Waals surface area contributed by atoms with Crippen molar-refractivity contribution in [2.75, 3.05) is 11.9 Å². The summed E-state index contributed by atoms with van der Waals surface area (Å²) in [4.78, 5) is 23.6. The van der Waals surface area contributed by atoms with Gasteiger partial charge < -0.3 is 10.1 Å². The van der Waals surface area contributed by atoms with Crippen molar-refractivity contribution in [3.8, 4) is 0 Å². The van der Waals surface area contributed by atoms with E-state index in [1.165, 1.54) is 17.7 Å². The molecule has 0 saturated carbocycles. The number of halogens is 1. The van der Waals surface area contributed by atoms with E-state index in [0.29, 0.717) is 11.6 Å². The number of nitrogens with one attached hydrogen (secondary N) is 1. The van der Waals surface area contributed by atoms with E-state index in [1.807, 2.05) is 12.1 Å². The van der Waals surface area contributed by atoms with Gasteiger partial charge in [0.1, 0.15) is 4.90 Å². The third-order valence-corrected chi connectivity index (χ3v) is 5.58. The average Bonchev–Trinajstić information content (AvgIpc) is 2.65. The summed E-state index contributed by atoms with van der Waals surface area (Å²) in [5, 5.41) is 7.56. The van der Waals surface area contributed by atoms with Crippen LogP contribution in [0.1, 0.15) is 42.1 Å².